The summed E-state index contributed by atoms with van der Waals surface area (Å²) in [6.45, 7) is 13.9. The molecule has 0 saturated carbocycles. The number of ether oxygens (including phenoxy) is 2. The van der Waals surface area contributed by atoms with Crippen LogP contribution in [0.2, 0.25) is 0 Å². The van der Waals surface area contributed by atoms with E-state index in [-0.39, 0.29) is 30.7 Å². The first kappa shape index (κ1) is 41.4. The number of benzene rings is 1. The summed E-state index contributed by atoms with van der Waals surface area (Å²) >= 11 is 0. The Morgan fingerprint density at radius 2 is 1.61 bits per heavy atom. The van der Waals surface area contributed by atoms with Gasteiger partial charge in [-0.15, -0.1) is 25.7 Å². The van der Waals surface area contributed by atoms with Crippen molar-refractivity contribution in [1.82, 2.24) is 10.2 Å². The molecule has 1 aromatic rings. The summed E-state index contributed by atoms with van der Waals surface area (Å²) in [5.74, 6) is 1.07. The number of nitrogens with two attached hydrogens (primary N) is 1. The average molecular weight is 540 g/mol. The van der Waals surface area contributed by atoms with E-state index < -0.39 is 17.8 Å². The van der Waals surface area contributed by atoms with Crippen LogP contribution in [-0.4, -0.2) is 66.4 Å². The van der Waals surface area contributed by atoms with Crippen LogP contribution in [0.3, 0.4) is 0 Å². The number of nitrogens with zero attached hydrogens (tertiary/aromatic N) is 1. The highest BCUT2D eigenvalue weighted by atomic mass is 19.1. The van der Waals surface area contributed by atoms with E-state index in [2.05, 4.69) is 57.5 Å². The van der Waals surface area contributed by atoms with Crippen molar-refractivity contribution in [3.8, 4) is 31.4 Å². The molecule has 0 spiro atoms. The molecule has 0 aromatic heterocycles. The molecule has 1 heterocycles. The van der Waals surface area contributed by atoms with Crippen molar-refractivity contribution < 1.29 is 33.4 Å². The third-order valence-corrected chi connectivity index (χ3v) is 3.71. The fraction of sp³-hybridized carbons (Fsp3) is 0.536. The number of nitrogens with one attached hydrogen (secondary N) is 1. The SMILES string of the molecule is C#C.C#C.CC(C)C.COc1ccc(F)cc1.C[C@@H]1C[C@H](O)CN1C(=O)CNC(=O)OC(C)(C)C.NC=O. The van der Waals surface area contributed by atoms with Gasteiger partial charge in [0.25, 0.3) is 0 Å². The number of likely N-dealkylation sites (tertiary alicyclic amines) is 1. The van der Waals surface area contributed by atoms with Gasteiger partial charge in [0.15, 0.2) is 0 Å². The van der Waals surface area contributed by atoms with Crippen LogP contribution < -0.4 is 15.8 Å². The Morgan fingerprint density at radius 3 is 1.92 bits per heavy atom. The first-order valence-corrected chi connectivity index (χ1v) is 11.7. The molecule has 216 valence electrons. The number of hydrogen-bond acceptors (Lipinski definition) is 6. The Hall–Kier alpha value is -3.76. The molecular formula is C28H46FN3O6. The Bertz CT molecular complexity index is 781. The maximum Gasteiger partial charge on any atom is 0.408 e. The topological polar surface area (TPSA) is 131 Å². The van der Waals surface area contributed by atoms with Crippen LogP contribution in [0.25, 0.3) is 0 Å². The molecule has 4 N–H and O–H groups in total. The summed E-state index contributed by atoms with van der Waals surface area (Å²) in [6, 6.07) is 5.88. The molecule has 2 atom stereocenters. The molecule has 1 fully saturated rings. The lowest BCUT2D eigenvalue weighted by atomic mass is 10.2. The summed E-state index contributed by atoms with van der Waals surface area (Å²) in [5.41, 5.74) is 3.59. The van der Waals surface area contributed by atoms with Gasteiger partial charge in [-0.1, -0.05) is 20.8 Å². The molecule has 3 amide bonds. The van der Waals surface area contributed by atoms with Gasteiger partial charge >= 0.3 is 6.09 Å². The number of alkyl carbamates (subject to hydrolysis) is 1. The largest absolute Gasteiger partial charge is 0.497 e. The van der Waals surface area contributed by atoms with Crippen LogP contribution >= 0.6 is 0 Å². The van der Waals surface area contributed by atoms with E-state index in [1.165, 1.54) is 12.1 Å². The maximum absolute atomic E-state index is 12.2. The minimum Gasteiger partial charge on any atom is -0.497 e. The molecule has 1 aliphatic rings. The molecule has 38 heavy (non-hydrogen) atoms. The second-order valence-electron chi connectivity index (χ2n) is 9.17. The second kappa shape index (κ2) is 24.9. The van der Waals surface area contributed by atoms with Gasteiger partial charge in [0, 0.05) is 12.6 Å². The number of aliphatic hydroxyl groups is 1. The number of carbonyl (C=O) groups is 3. The lowest BCUT2D eigenvalue weighted by Crippen LogP contribution is -2.43. The van der Waals surface area contributed by atoms with Gasteiger partial charge < -0.3 is 30.5 Å². The van der Waals surface area contributed by atoms with E-state index in [9.17, 15) is 19.1 Å². The Labute approximate surface area is 228 Å². The van der Waals surface area contributed by atoms with Crippen molar-refractivity contribution in [1.29, 1.82) is 0 Å². The van der Waals surface area contributed by atoms with Crippen molar-refractivity contribution in [3.05, 3.63) is 30.1 Å². The summed E-state index contributed by atoms with van der Waals surface area (Å²) in [4.78, 5) is 33.3. The molecule has 0 radical (unpaired) electrons. The maximum atomic E-state index is 12.2. The van der Waals surface area contributed by atoms with Gasteiger partial charge in [-0.05, 0) is 64.3 Å². The Morgan fingerprint density at radius 1 is 1.18 bits per heavy atom. The van der Waals surface area contributed by atoms with Crippen molar-refractivity contribution in [2.24, 2.45) is 11.7 Å². The molecule has 1 aromatic carbocycles. The molecule has 1 aliphatic heterocycles. The quantitative estimate of drug-likeness (QED) is 0.397. The van der Waals surface area contributed by atoms with Crippen molar-refractivity contribution in [3.63, 3.8) is 0 Å². The highest BCUT2D eigenvalue weighted by molar-refractivity contribution is 5.82. The Balaban J connectivity index is -0.000000240. The van der Waals surface area contributed by atoms with Crippen LogP contribution in [0, 0.1) is 37.4 Å². The van der Waals surface area contributed by atoms with Gasteiger partial charge in [0.2, 0.25) is 12.3 Å². The highest BCUT2D eigenvalue weighted by Crippen LogP contribution is 2.17. The van der Waals surface area contributed by atoms with Crippen LogP contribution in [0.4, 0.5) is 9.18 Å². The lowest BCUT2D eigenvalue weighted by molar-refractivity contribution is -0.131. The van der Waals surface area contributed by atoms with Crippen LogP contribution in [0.5, 0.6) is 5.75 Å². The van der Waals surface area contributed by atoms with Crippen molar-refractivity contribution in [2.75, 3.05) is 20.2 Å². The minimum absolute atomic E-state index is 0.00735. The van der Waals surface area contributed by atoms with E-state index in [1.807, 2.05) is 6.92 Å². The third-order valence-electron chi connectivity index (χ3n) is 3.71. The number of halogens is 1. The molecule has 0 aliphatic carbocycles. The summed E-state index contributed by atoms with van der Waals surface area (Å²) in [5, 5.41) is 11.9. The molecule has 1 saturated heterocycles. The number of primary amides is 1. The van der Waals surface area contributed by atoms with Gasteiger partial charge in [-0.2, -0.15) is 0 Å². The van der Waals surface area contributed by atoms with Crippen LogP contribution in [-0.2, 0) is 14.3 Å². The Kier molecular flexibility index (Phi) is 27.1. The van der Waals surface area contributed by atoms with Gasteiger partial charge in [-0.3, -0.25) is 9.59 Å². The number of β-amino-alcohol motifs (C(OH)–C–C–N with tert-alkyl or cyclic N) is 1. The number of rotatable bonds is 3. The van der Waals surface area contributed by atoms with Gasteiger partial charge in [0.05, 0.1) is 13.2 Å². The average Bonchev–Trinajstić information content (AvgIpc) is 3.18. The fourth-order valence-electron chi connectivity index (χ4n) is 2.48. The smallest absolute Gasteiger partial charge is 0.408 e. The second-order valence-corrected chi connectivity index (χ2v) is 9.17. The fourth-order valence-corrected chi connectivity index (χ4v) is 2.48. The minimum atomic E-state index is -0.608. The van der Waals surface area contributed by atoms with Crippen molar-refractivity contribution in [2.45, 2.75) is 72.6 Å². The first-order chi connectivity index (χ1) is 17.7. The zero-order valence-electron chi connectivity index (χ0n) is 23.9. The molecular weight excluding hydrogens is 493 g/mol. The van der Waals surface area contributed by atoms with Gasteiger partial charge in [-0.25, -0.2) is 9.18 Å². The van der Waals surface area contributed by atoms with E-state index in [4.69, 9.17) is 14.3 Å². The molecule has 0 unspecified atom stereocenters. The van der Waals surface area contributed by atoms with E-state index in [1.54, 1.807) is 44.9 Å². The normalized spacial score (nSPS) is 14.9. The molecule has 9 nitrogen and oxygen atoms in total. The summed E-state index contributed by atoms with van der Waals surface area (Å²) < 4.78 is 22.0. The number of terminal acetylenes is 2. The zero-order chi connectivity index (χ0) is 30.9. The summed E-state index contributed by atoms with van der Waals surface area (Å²) in [7, 11) is 1.55. The number of carbonyl (C=O) groups excluding carboxylic acids is 3. The number of hydrogen-bond donors (Lipinski definition) is 3. The number of methoxy groups -OCH3 is 1. The molecule has 10 heteroatoms. The highest BCUT2D eigenvalue weighted by Gasteiger charge is 2.31. The van der Waals surface area contributed by atoms with E-state index in [0.29, 0.717) is 18.7 Å². The number of aliphatic hydroxyl groups excluding tert-OH is 1. The first-order valence-electron chi connectivity index (χ1n) is 11.7. The van der Waals surface area contributed by atoms with E-state index in [0.717, 1.165) is 5.92 Å². The standard InChI is InChI=1S/C12H22N2O4.C7H7FO.C4H10.2C2H2.CH3NO/c1-8-5-9(15)7-14(8)10(16)6-13-11(17)18-12(2,3)4;1-9-7-4-2-6(8)3-5-7;1-4(2)3;2*1-2;2-1-3/h8-9,15H,5-7H2,1-4H3,(H,13,17);2-5H,1H3;4H,1-3H3;2*1-2H;1H,(H2,2,3)/t8-,9+;;;;;/m1...../s1. The third kappa shape index (κ3) is 26.8. The predicted octanol–water partition coefficient (Wildman–Crippen LogP) is 3.59. The zero-order valence-corrected chi connectivity index (χ0v) is 23.9. The van der Waals surface area contributed by atoms with Crippen LogP contribution in [0.1, 0.15) is 54.9 Å². The summed E-state index contributed by atoms with van der Waals surface area (Å²) in [6.07, 6.45) is 15.8. The van der Waals surface area contributed by atoms with E-state index >= 15 is 0 Å². The molecule has 2 rings (SSSR count). The van der Waals surface area contributed by atoms with Gasteiger partial charge in [0.1, 0.15) is 23.7 Å². The number of amides is 3. The molecule has 0 bridgehead atoms. The predicted molar refractivity (Wildman–Crippen MR) is 150 cm³/mol. The monoisotopic (exact) mass is 539 g/mol. The van der Waals surface area contributed by atoms with Crippen molar-refractivity contribution >= 4 is 18.4 Å². The van der Waals surface area contributed by atoms with Crippen LogP contribution in [0.15, 0.2) is 24.3 Å². The lowest BCUT2D eigenvalue weighted by Gasteiger charge is -2.23.